The van der Waals surface area contributed by atoms with Crippen molar-refractivity contribution in [2.75, 3.05) is 5.32 Å². The number of aromatic nitrogens is 2. The number of halogens is 1. The van der Waals surface area contributed by atoms with Gasteiger partial charge in [-0.25, -0.2) is 9.98 Å². The summed E-state index contributed by atoms with van der Waals surface area (Å²) in [6, 6.07) is 18.5. The lowest BCUT2D eigenvalue weighted by atomic mass is 10.1. The van der Waals surface area contributed by atoms with Gasteiger partial charge < -0.3 is 15.6 Å². The maximum absolute atomic E-state index is 5.99. The number of nitrogens with one attached hydrogen (secondary N) is 1. The summed E-state index contributed by atoms with van der Waals surface area (Å²) >= 11 is 0. The largest absolute Gasteiger partial charge is 0.370 e. The van der Waals surface area contributed by atoms with Crippen LogP contribution in [0.15, 0.2) is 72.0 Å². The average Bonchev–Trinajstić information content (AvgIpc) is 3.06. The van der Waals surface area contributed by atoms with Gasteiger partial charge in [0.05, 0.1) is 0 Å². The second-order valence-electron chi connectivity index (χ2n) is 5.97. The molecule has 5 nitrogen and oxygen atoms in total. The summed E-state index contributed by atoms with van der Waals surface area (Å²) in [5.74, 6) is 1.30. The van der Waals surface area contributed by atoms with Crippen molar-refractivity contribution >= 4 is 35.6 Å². The molecule has 0 saturated carbocycles. The smallest absolute Gasteiger partial charge is 0.193 e. The highest BCUT2D eigenvalue weighted by atomic mass is 127. The molecule has 3 aromatic rings. The molecule has 26 heavy (non-hydrogen) atoms. The molecule has 0 fully saturated rings. The minimum atomic E-state index is 0. The van der Waals surface area contributed by atoms with Crippen LogP contribution < -0.4 is 11.1 Å². The van der Waals surface area contributed by atoms with Gasteiger partial charge in [-0.05, 0) is 36.6 Å². The van der Waals surface area contributed by atoms with Crippen LogP contribution >= 0.6 is 24.0 Å². The molecule has 136 valence electrons. The zero-order chi connectivity index (χ0) is 17.5. The lowest BCUT2D eigenvalue weighted by molar-refractivity contribution is 0.652. The van der Waals surface area contributed by atoms with Crippen LogP contribution in [0, 0.1) is 6.92 Å². The summed E-state index contributed by atoms with van der Waals surface area (Å²) in [4.78, 5) is 8.80. The standard InChI is InChI=1S/C20H23N5.HI/c1-16-6-5-9-18(14-16)24-20(21)23-15-19-22-11-13-25(19)12-10-17-7-3-2-4-8-17;/h2-9,11,13-14H,10,12,15H2,1H3,(H3,21,23,24);1H. The maximum Gasteiger partial charge on any atom is 0.193 e. The van der Waals surface area contributed by atoms with Gasteiger partial charge in [-0.1, -0.05) is 42.5 Å². The van der Waals surface area contributed by atoms with Gasteiger partial charge in [-0.15, -0.1) is 24.0 Å². The van der Waals surface area contributed by atoms with Crippen LogP contribution in [0.5, 0.6) is 0 Å². The minimum Gasteiger partial charge on any atom is -0.370 e. The van der Waals surface area contributed by atoms with Crippen molar-refractivity contribution in [2.24, 2.45) is 10.7 Å². The SMILES string of the molecule is Cc1cccc(NC(N)=NCc2nccn2CCc2ccccc2)c1.I. The number of rotatable bonds is 6. The van der Waals surface area contributed by atoms with E-state index in [2.05, 4.69) is 44.1 Å². The molecule has 1 heterocycles. The number of anilines is 1. The Morgan fingerprint density at radius 1 is 1.15 bits per heavy atom. The van der Waals surface area contributed by atoms with Crippen LogP contribution in [0.4, 0.5) is 5.69 Å². The lowest BCUT2D eigenvalue weighted by Crippen LogP contribution is -2.23. The molecule has 0 bridgehead atoms. The topological polar surface area (TPSA) is 68.2 Å². The Kier molecular flexibility index (Phi) is 7.65. The normalized spacial score (nSPS) is 11.0. The van der Waals surface area contributed by atoms with Gasteiger partial charge in [-0.3, -0.25) is 0 Å². The van der Waals surface area contributed by atoms with Crippen LogP contribution in [0.3, 0.4) is 0 Å². The van der Waals surface area contributed by atoms with Gasteiger partial charge in [0.25, 0.3) is 0 Å². The molecule has 3 rings (SSSR count). The monoisotopic (exact) mass is 461 g/mol. The van der Waals surface area contributed by atoms with Crippen molar-refractivity contribution in [1.82, 2.24) is 9.55 Å². The molecular formula is C20H24IN5. The van der Waals surface area contributed by atoms with Crippen LogP contribution in [-0.4, -0.2) is 15.5 Å². The molecule has 0 saturated heterocycles. The average molecular weight is 461 g/mol. The first-order valence-electron chi connectivity index (χ1n) is 8.38. The Morgan fingerprint density at radius 2 is 1.96 bits per heavy atom. The molecule has 6 heteroatoms. The third-order valence-corrected chi connectivity index (χ3v) is 3.97. The quantitative estimate of drug-likeness (QED) is 0.332. The molecule has 0 unspecified atom stereocenters. The summed E-state index contributed by atoms with van der Waals surface area (Å²) in [5.41, 5.74) is 9.41. The number of nitrogens with zero attached hydrogens (tertiary/aromatic N) is 3. The summed E-state index contributed by atoms with van der Waals surface area (Å²) < 4.78 is 2.12. The summed E-state index contributed by atoms with van der Waals surface area (Å²) in [6.07, 6.45) is 4.75. The Hall–Kier alpha value is -2.35. The minimum absolute atomic E-state index is 0. The molecule has 2 aromatic carbocycles. The van der Waals surface area contributed by atoms with E-state index in [-0.39, 0.29) is 24.0 Å². The second-order valence-corrected chi connectivity index (χ2v) is 5.97. The molecule has 0 aliphatic heterocycles. The lowest BCUT2D eigenvalue weighted by Gasteiger charge is -2.08. The van der Waals surface area contributed by atoms with Gasteiger partial charge in [0.2, 0.25) is 0 Å². The zero-order valence-electron chi connectivity index (χ0n) is 14.8. The van der Waals surface area contributed by atoms with Crippen molar-refractivity contribution in [3.63, 3.8) is 0 Å². The van der Waals surface area contributed by atoms with E-state index in [0.717, 1.165) is 24.5 Å². The molecule has 0 radical (unpaired) electrons. The Bertz CT molecular complexity index is 842. The first-order valence-corrected chi connectivity index (χ1v) is 8.38. The first kappa shape index (κ1) is 20.0. The van der Waals surface area contributed by atoms with Crippen LogP contribution in [0.25, 0.3) is 0 Å². The molecule has 0 aliphatic rings. The van der Waals surface area contributed by atoms with Gasteiger partial charge in [0.15, 0.2) is 5.96 Å². The van der Waals surface area contributed by atoms with Crippen molar-refractivity contribution in [1.29, 1.82) is 0 Å². The fourth-order valence-electron chi connectivity index (χ4n) is 2.66. The molecule has 1 aromatic heterocycles. The maximum atomic E-state index is 5.99. The number of aliphatic imine (C=N–C) groups is 1. The molecule has 0 amide bonds. The van der Waals surface area contributed by atoms with Gasteiger partial charge >= 0.3 is 0 Å². The van der Waals surface area contributed by atoms with Crippen molar-refractivity contribution < 1.29 is 0 Å². The number of benzene rings is 2. The molecule has 0 atom stereocenters. The van der Waals surface area contributed by atoms with E-state index in [0.29, 0.717) is 12.5 Å². The summed E-state index contributed by atoms with van der Waals surface area (Å²) in [6.45, 7) is 3.37. The molecule has 0 aliphatic carbocycles. The van der Waals surface area contributed by atoms with E-state index >= 15 is 0 Å². The van der Waals surface area contributed by atoms with E-state index < -0.39 is 0 Å². The number of guanidine groups is 1. The summed E-state index contributed by atoms with van der Waals surface area (Å²) in [7, 11) is 0. The van der Waals surface area contributed by atoms with E-state index in [4.69, 9.17) is 5.73 Å². The number of hydrogen-bond acceptors (Lipinski definition) is 2. The van der Waals surface area contributed by atoms with E-state index in [9.17, 15) is 0 Å². The van der Waals surface area contributed by atoms with E-state index in [1.807, 2.05) is 43.5 Å². The summed E-state index contributed by atoms with van der Waals surface area (Å²) in [5, 5.41) is 3.11. The van der Waals surface area contributed by atoms with Crippen molar-refractivity contribution in [3.8, 4) is 0 Å². The van der Waals surface area contributed by atoms with E-state index in [1.165, 1.54) is 11.1 Å². The highest BCUT2D eigenvalue weighted by Gasteiger charge is 2.03. The molecular weight excluding hydrogens is 437 g/mol. The molecule has 3 N–H and O–H groups in total. The Balaban J connectivity index is 0.00000243. The van der Waals surface area contributed by atoms with Crippen LogP contribution in [-0.2, 0) is 19.5 Å². The van der Waals surface area contributed by atoms with Gasteiger partial charge in [0.1, 0.15) is 12.4 Å². The van der Waals surface area contributed by atoms with Crippen molar-refractivity contribution in [2.45, 2.75) is 26.4 Å². The number of imidazole rings is 1. The third kappa shape index (κ3) is 5.87. The van der Waals surface area contributed by atoms with E-state index in [1.54, 1.807) is 6.20 Å². The predicted molar refractivity (Wildman–Crippen MR) is 118 cm³/mol. The Morgan fingerprint density at radius 3 is 2.73 bits per heavy atom. The molecule has 0 spiro atoms. The highest BCUT2D eigenvalue weighted by molar-refractivity contribution is 14.0. The van der Waals surface area contributed by atoms with Gasteiger partial charge in [0, 0.05) is 24.6 Å². The highest BCUT2D eigenvalue weighted by Crippen LogP contribution is 2.09. The fraction of sp³-hybridized carbons (Fsp3) is 0.200. The van der Waals surface area contributed by atoms with Crippen LogP contribution in [0.2, 0.25) is 0 Å². The van der Waals surface area contributed by atoms with Crippen LogP contribution in [0.1, 0.15) is 17.0 Å². The number of nitrogens with two attached hydrogens (primary N) is 1. The third-order valence-electron chi connectivity index (χ3n) is 3.97. The zero-order valence-corrected chi connectivity index (χ0v) is 17.1. The second kappa shape index (κ2) is 9.96. The Labute approximate surface area is 171 Å². The predicted octanol–water partition coefficient (Wildman–Crippen LogP) is 3.98. The van der Waals surface area contributed by atoms with Crippen molar-refractivity contribution in [3.05, 3.63) is 83.9 Å². The number of aryl methyl sites for hydroxylation is 3. The fourth-order valence-corrected chi connectivity index (χ4v) is 2.66. The first-order chi connectivity index (χ1) is 12.2. The van der Waals surface area contributed by atoms with Gasteiger partial charge in [-0.2, -0.15) is 0 Å². The number of hydrogen-bond donors (Lipinski definition) is 2.